The van der Waals surface area contributed by atoms with Gasteiger partial charge in [-0.15, -0.1) is 0 Å². The van der Waals surface area contributed by atoms with E-state index in [9.17, 15) is 5.11 Å². The van der Waals surface area contributed by atoms with Crippen LogP contribution in [0.1, 0.15) is 38.2 Å². The molecule has 0 bridgehead atoms. The van der Waals surface area contributed by atoms with Crippen molar-refractivity contribution in [2.24, 2.45) is 0 Å². The zero-order valence-electron chi connectivity index (χ0n) is 14.8. The zero-order valence-corrected chi connectivity index (χ0v) is 14.8. The highest BCUT2D eigenvalue weighted by atomic mass is 16.3. The van der Waals surface area contributed by atoms with Gasteiger partial charge in [0.1, 0.15) is 5.75 Å². The van der Waals surface area contributed by atoms with Gasteiger partial charge in [0.05, 0.1) is 5.69 Å². The third kappa shape index (κ3) is 4.69. The largest absolute Gasteiger partial charge is 0.508 e. The summed E-state index contributed by atoms with van der Waals surface area (Å²) in [5.41, 5.74) is 5.65. The molecule has 0 aliphatic carbocycles. The molecule has 2 heteroatoms. The normalized spacial score (nSPS) is 10.8. The van der Waals surface area contributed by atoms with E-state index < -0.39 is 0 Å². The van der Waals surface area contributed by atoms with Gasteiger partial charge in [0.25, 0.3) is 0 Å². The molecule has 25 heavy (non-hydrogen) atoms. The number of phenolic OH excluding ortho intramolecular Hbond substituents is 1. The van der Waals surface area contributed by atoms with Crippen molar-refractivity contribution in [2.75, 3.05) is 0 Å². The molecule has 1 aromatic heterocycles. The lowest BCUT2D eigenvalue weighted by molar-refractivity contribution is 0.475. The molecule has 1 heterocycles. The van der Waals surface area contributed by atoms with E-state index in [2.05, 4.69) is 42.2 Å². The average molecular weight is 331 g/mol. The highest BCUT2D eigenvalue weighted by molar-refractivity contribution is 5.67. The van der Waals surface area contributed by atoms with E-state index in [0.29, 0.717) is 0 Å². The summed E-state index contributed by atoms with van der Waals surface area (Å²) in [4.78, 5) is 4.57. The first-order chi connectivity index (χ1) is 12.3. The number of pyridine rings is 1. The predicted octanol–water partition coefficient (Wildman–Crippen LogP) is 6.24. The Labute approximate surface area is 150 Å². The van der Waals surface area contributed by atoms with E-state index in [1.165, 1.54) is 43.2 Å². The molecule has 0 saturated heterocycles. The quantitative estimate of drug-likeness (QED) is 0.519. The van der Waals surface area contributed by atoms with Gasteiger partial charge >= 0.3 is 0 Å². The highest BCUT2D eigenvalue weighted by Gasteiger charge is 2.02. The highest BCUT2D eigenvalue weighted by Crippen LogP contribution is 2.24. The summed E-state index contributed by atoms with van der Waals surface area (Å²) in [6, 6.07) is 20.1. The second kappa shape index (κ2) is 8.48. The number of hydrogen-bond acceptors (Lipinski definition) is 2. The van der Waals surface area contributed by atoms with Gasteiger partial charge in [0.2, 0.25) is 0 Å². The minimum atomic E-state index is 0.273. The van der Waals surface area contributed by atoms with E-state index >= 15 is 0 Å². The number of unbranched alkanes of at least 4 members (excludes halogenated alkanes) is 3. The van der Waals surface area contributed by atoms with Crippen molar-refractivity contribution in [2.45, 2.75) is 39.0 Å². The molecule has 0 aliphatic rings. The van der Waals surface area contributed by atoms with Crippen molar-refractivity contribution < 1.29 is 5.11 Å². The number of aromatic nitrogens is 1. The molecule has 2 nitrogen and oxygen atoms in total. The Morgan fingerprint density at radius 3 is 2.04 bits per heavy atom. The van der Waals surface area contributed by atoms with Crippen LogP contribution in [-0.2, 0) is 6.42 Å². The summed E-state index contributed by atoms with van der Waals surface area (Å²) in [7, 11) is 0. The smallest absolute Gasteiger partial charge is 0.115 e. The maximum Gasteiger partial charge on any atom is 0.115 e. The van der Waals surface area contributed by atoms with Crippen LogP contribution in [0.4, 0.5) is 0 Å². The minimum Gasteiger partial charge on any atom is -0.508 e. The monoisotopic (exact) mass is 331 g/mol. The van der Waals surface area contributed by atoms with Crippen LogP contribution in [0.25, 0.3) is 22.4 Å². The second-order valence-electron chi connectivity index (χ2n) is 6.49. The Hall–Kier alpha value is -2.61. The van der Waals surface area contributed by atoms with Crippen LogP contribution < -0.4 is 0 Å². The Kier molecular flexibility index (Phi) is 5.84. The number of hydrogen-bond donors (Lipinski definition) is 1. The van der Waals surface area contributed by atoms with Gasteiger partial charge in [-0.2, -0.15) is 0 Å². The van der Waals surface area contributed by atoms with E-state index in [1.807, 2.05) is 24.4 Å². The first-order valence-corrected chi connectivity index (χ1v) is 9.11. The lowest BCUT2D eigenvalue weighted by atomic mass is 10.0. The van der Waals surface area contributed by atoms with Crippen molar-refractivity contribution in [3.63, 3.8) is 0 Å². The standard InChI is InChI=1S/C23H25NO/c1-2-3-4-5-6-18-7-9-19(10-8-18)21-13-16-23(24-17-21)20-11-14-22(25)15-12-20/h7-17,25H,2-6H2,1H3. The van der Waals surface area contributed by atoms with Crippen LogP contribution in [0, 0.1) is 0 Å². The molecule has 0 saturated carbocycles. The molecule has 0 atom stereocenters. The third-order valence-corrected chi connectivity index (χ3v) is 4.53. The molecule has 0 spiro atoms. The zero-order chi connectivity index (χ0) is 17.5. The molecule has 2 aromatic carbocycles. The number of benzene rings is 2. The summed E-state index contributed by atoms with van der Waals surface area (Å²) in [5, 5.41) is 9.38. The van der Waals surface area contributed by atoms with Crippen LogP contribution in [-0.4, -0.2) is 10.1 Å². The summed E-state index contributed by atoms with van der Waals surface area (Å²) >= 11 is 0. The van der Waals surface area contributed by atoms with E-state index in [1.54, 1.807) is 12.1 Å². The lowest BCUT2D eigenvalue weighted by Crippen LogP contribution is -1.88. The Bertz CT molecular complexity index is 774. The summed E-state index contributed by atoms with van der Waals surface area (Å²) < 4.78 is 0. The van der Waals surface area contributed by atoms with Crippen molar-refractivity contribution in [3.05, 3.63) is 72.4 Å². The van der Waals surface area contributed by atoms with Crippen LogP contribution in [0.2, 0.25) is 0 Å². The summed E-state index contributed by atoms with van der Waals surface area (Å²) in [5.74, 6) is 0.273. The van der Waals surface area contributed by atoms with Crippen molar-refractivity contribution in [3.8, 4) is 28.1 Å². The van der Waals surface area contributed by atoms with Gasteiger partial charge in [-0.25, -0.2) is 0 Å². The molecule has 0 amide bonds. The molecule has 1 N–H and O–H groups in total. The molecule has 128 valence electrons. The molecule has 0 aliphatic heterocycles. The maximum absolute atomic E-state index is 9.38. The van der Waals surface area contributed by atoms with Gasteiger partial charge < -0.3 is 5.11 Å². The summed E-state index contributed by atoms with van der Waals surface area (Å²) in [6.07, 6.45) is 8.29. The molecule has 0 fully saturated rings. The molecule has 3 aromatic rings. The van der Waals surface area contributed by atoms with E-state index in [-0.39, 0.29) is 5.75 Å². The number of aryl methyl sites for hydroxylation is 1. The fraction of sp³-hybridized carbons (Fsp3) is 0.261. The molecular weight excluding hydrogens is 306 g/mol. The molecule has 0 unspecified atom stereocenters. The first-order valence-electron chi connectivity index (χ1n) is 9.11. The number of nitrogens with zero attached hydrogens (tertiary/aromatic N) is 1. The molecule has 0 radical (unpaired) electrons. The molecular formula is C23H25NO. The van der Waals surface area contributed by atoms with Gasteiger partial charge in [-0.1, -0.05) is 56.5 Å². The second-order valence-corrected chi connectivity index (χ2v) is 6.49. The Balaban J connectivity index is 1.66. The van der Waals surface area contributed by atoms with Crippen LogP contribution in [0.15, 0.2) is 66.9 Å². The lowest BCUT2D eigenvalue weighted by Gasteiger charge is -2.06. The topological polar surface area (TPSA) is 33.1 Å². The Morgan fingerprint density at radius 2 is 1.40 bits per heavy atom. The first kappa shape index (κ1) is 17.2. The van der Waals surface area contributed by atoms with Crippen LogP contribution in [0.3, 0.4) is 0 Å². The minimum absolute atomic E-state index is 0.273. The SMILES string of the molecule is CCCCCCc1ccc(-c2ccc(-c3ccc(O)cc3)nc2)cc1. The van der Waals surface area contributed by atoms with Crippen LogP contribution in [0.5, 0.6) is 5.75 Å². The number of aromatic hydroxyl groups is 1. The average Bonchev–Trinajstić information content (AvgIpc) is 2.67. The van der Waals surface area contributed by atoms with E-state index in [0.717, 1.165) is 16.8 Å². The summed E-state index contributed by atoms with van der Waals surface area (Å²) in [6.45, 7) is 2.25. The fourth-order valence-corrected chi connectivity index (χ4v) is 2.99. The van der Waals surface area contributed by atoms with Crippen molar-refractivity contribution in [1.82, 2.24) is 4.98 Å². The van der Waals surface area contributed by atoms with Gasteiger partial charge in [-0.05, 0) is 54.3 Å². The van der Waals surface area contributed by atoms with Crippen molar-refractivity contribution >= 4 is 0 Å². The van der Waals surface area contributed by atoms with Gasteiger partial charge in [0.15, 0.2) is 0 Å². The Morgan fingerprint density at radius 1 is 0.720 bits per heavy atom. The van der Waals surface area contributed by atoms with E-state index in [4.69, 9.17) is 0 Å². The number of rotatable bonds is 7. The predicted molar refractivity (Wildman–Crippen MR) is 105 cm³/mol. The van der Waals surface area contributed by atoms with Gasteiger partial charge in [0, 0.05) is 17.3 Å². The van der Waals surface area contributed by atoms with Crippen molar-refractivity contribution in [1.29, 1.82) is 0 Å². The van der Waals surface area contributed by atoms with Crippen LogP contribution >= 0.6 is 0 Å². The maximum atomic E-state index is 9.38. The third-order valence-electron chi connectivity index (χ3n) is 4.53. The fourth-order valence-electron chi connectivity index (χ4n) is 2.99. The molecule has 3 rings (SSSR count). The van der Waals surface area contributed by atoms with Gasteiger partial charge in [-0.3, -0.25) is 4.98 Å². The number of phenols is 1.